The molecule has 34 heavy (non-hydrogen) atoms. The molecule has 2 heterocycles. The summed E-state index contributed by atoms with van der Waals surface area (Å²) in [7, 11) is -4.12. The summed E-state index contributed by atoms with van der Waals surface area (Å²) in [5, 5.41) is 4.61. The second-order valence-electron chi connectivity index (χ2n) is 8.20. The zero-order chi connectivity index (χ0) is 24.0. The molecular weight excluding hydrogens is 474 g/mol. The number of fused-ring (bicyclic) bond motifs is 1. The number of thiocarbonyl (C=S) groups is 1. The largest absolute Gasteiger partial charge is 0.447 e. The number of cyclic esters (lactones) is 1. The smallest absolute Gasteiger partial charge is 0.416 e. The summed E-state index contributed by atoms with van der Waals surface area (Å²) in [6.45, 7) is 2.05. The molecule has 2 aliphatic rings. The van der Waals surface area contributed by atoms with Crippen molar-refractivity contribution >= 4 is 50.1 Å². The molecule has 2 fully saturated rings. The quantitative estimate of drug-likeness (QED) is 0.556. The van der Waals surface area contributed by atoms with E-state index in [1.165, 1.54) is 12.1 Å². The van der Waals surface area contributed by atoms with Crippen LogP contribution in [0.5, 0.6) is 0 Å². The van der Waals surface area contributed by atoms with Gasteiger partial charge in [0.25, 0.3) is 15.9 Å². The van der Waals surface area contributed by atoms with Gasteiger partial charge in [0.2, 0.25) is 0 Å². The highest BCUT2D eigenvalue weighted by atomic mass is 32.2. The van der Waals surface area contributed by atoms with E-state index in [-0.39, 0.29) is 23.2 Å². The number of hydrogen-bond donors (Lipinski definition) is 1. The fourth-order valence-electron chi connectivity index (χ4n) is 4.30. The second kappa shape index (κ2) is 8.37. The third-order valence-corrected chi connectivity index (χ3v) is 8.26. The number of carbonyl (C=O) groups is 2. The molecule has 5 rings (SSSR count). The summed E-state index contributed by atoms with van der Waals surface area (Å²) in [4.78, 5) is 26.5. The van der Waals surface area contributed by atoms with Crippen LogP contribution in [0.2, 0.25) is 0 Å². The normalized spacial score (nSPS) is 20.5. The Morgan fingerprint density at radius 2 is 1.76 bits per heavy atom. The third-order valence-electron chi connectivity index (χ3n) is 6.03. The molecule has 10 heteroatoms. The fourth-order valence-corrected chi connectivity index (χ4v) is 6.35. The van der Waals surface area contributed by atoms with Crippen molar-refractivity contribution in [3.63, 3.8) is 0 Å². The first-order chi connectivity index (χ1) is 16.3. The predicted octanol–water partition coefficient (Wildman–Crippen LogP) is 3.12. The molecule has 2 amide bonds. The van der Waals surface area contributed by atoms with Crippen molar-refractivity contribution in [1.29, 1.82) is 0 Å². The Balaban J connectivity index is 1.64. The van der Waals surface area contributed by atoms with Crippen LogP contribution in [0, 0.1) is 6.92 Å². The molecule has 0 unspecified atom stereocenters. The van der Waals surface area contributed by atoms with Gasteiger partial charge >= 0.3 is 6.09 Å². The average molecular weight is 496 g/mol. The van der Waals surface area contributed by atoms with Gasteiger partial charge in [-0.2, -0.15) is 0 Å². The summed E-state index contributed by atoms with van der Waals surface area (Å²) < 4.78 is 33.5. The van der Waals surface area contributed by atoms with E-state index in [0.29, 0.717) is 5.56 Å². The maximum Gasteiger partial charge on any atom is 0.416 e. The minimum Gasteiger partial charge on any atom is -0.447 e. The molecule has 2 saturated heterocycles. The first-order valence-electron chi connectivity index (χ1n) is 10.7. The van der Waals surface area contributed by atoms with Crippen LogP contribution in [-0.2, 0) is 19.6 Å². The van der Waals surface area contributed by atoms with Crippen LogP contribution in [0.25, 0.3) is 10.8 Å². The molecule has 0 spiro atoms. The lowest BCUT2D eigenvalue weighted by atomic mass is 9.97. The maximum atomic E-state index is 13.7. The lowest BCUT2D eigenvalue weighted by molar-refractivity contribution is -0.130. The monoisotopic (exact) mass is 495 g/mol. The van der Waals surface area contributed by atoms with Gasteiger partial charge in [-0.1, -0.05) is 54.1 Å². The Kier molecular flexibility index (Phi) is 5.49. The van der Waals surface area contributed by atoms with Gasteiger partial charge in [0.05, 0.1) is 11.4 Å². The van der Waals surface area contributed by atoms with E-state index in [4.69, 9.17) is 17.0 Å². The van der Waals surface area contributed by atoms with Gasteiger partial charge in [-0.15, -0.1) is 0 Å². The van der Waals surface area contributed by atoms with Crippen LogP contribution in [0.4, 0.5) is 4.79 Å². The highest BCUT2D eigenvalue weighted by Gasteiger charge is 2.50. The summed E-state index contributed by atoms with van der Waals surface area (Å²) in [6, 6.07) is 17.5. The van der Waals surface area contributed by atoms with E-state index in [1.807, 2.05) is 43.3 Å². The van der Waals surface area contributed by atoms with Crippen molar-refractivity contribution in [2.45, 2.75) is 23.9 Å². The van der Waals surface area contributed by atoms with E-state index < -0.39 is 34.1 Å². The zero-order valence-corrected chi connectivity index (χ0v) is 19.8. The molecule has 0 bridgehead atoms. The summed E-state index contributed by atoms with van der Waals surface area (Å²) in [6.07, 6.45) is -0.755. The Morgan fingerprint density at radius 3 is 2.44 bits per heavy atom. The van der Waals surface area contributed by atoms with Crippen molar-refractivity contribution in [1.82, 2.24) is 14.5 Å². The standard InChI is InChI=1S/C24H21N3O5S2/c1-15-6-10-19(11-7-15)34(30,31)27-21(18-9-8-16-4-2-3-5-17(16)14-18)20(25-23(27)33)22(28)26-12-13-32-24(26)29/h2-11,14,20-21H,12-13H2,1H3,(H,25,33)/t20-,21-/m0/s1. The molecular formula is C24H21N3O5S2. The number of aryl methyl sites for hydroxylation is 1. The Labute approximate surface area is 202 Å². The van der Waals surface area contributed by atoms with Crippen molar-refractivity contribution in [2.75, 3.05) is 13.2 Å². The van der Waals surface area contributed by atoms with Gasteiger partial charge in [-0.25, -0.2) is 22.4 Å². The van der Waals surface area contributed by atoms with E-state index >= 15 is 0 Å². The highest BCUT2D eigenvalue weighted by Crippen LogP contribution is 2.37. The lowest BCUT2D eigenvalue weighted by Gasteiger charge is -2.28. The third kappa shape index (κ3) is 3.68. The highest BCUT2D eigenvalue weighted by molar-refractivity contribution is 7.91. The molecule has 0 aliphatic carbocycles. The number of nitrogens with one attached hydrogen (secondary N) is 1. The van der Waals surface area contributed by atoms with E-state index in [0.717, 1.165) is 25.5 Å². The lowest BCUT2D eigenvalue weighted by Crippen LogP contribution is -2.47. The molecule has 2 atom stereocenters. The minimum atomic E-state index is -4.12. The van der Waals surface area contributed by atoms with Gasteiger partial charge in [-0.05, 0) is 53.7 Å². The van der Waals surface area contributed by atoms with Crippen LogP contribution in [0.3, 0.4) is 0 Å². The molecule has 0 aromatic heterocycles. The number of carbonyl (C=O) groups excluding carboxylic acids is 2. The number of rotatable bonds is 4. The van der Waals surface area contributed by atoms with Gasteiger partial charge in [-0.3, -0.25) is 4.79 Å². The topological polar surface area (TPSA) is 96.0 Å². The molecule has 0 radical (unpaired) electrons. The van der Waals surface area contributed by atoms with Gasteiger partial charge in [0.1, 0.15) is 18.7 Å². The van der Waals surface area contributed by atoms with Crippen LogP contribution in [0.1, 0.15) is 17.2 Å². The van der Waals surface area contributed by atoms with Crippen molar-refractivity contribution in [2.24, 2.45) is 0 Å². The Bertz CT molecular complexity index is 1420. The molecule has 3 aromatic rings. The van der Waals surface area contributed by atoms with Crippen molar-refractivity contribution < 1.29 is 22.7 Å². The minimum absolute atomic E-state index is 0.0571. The number of nitrogens with zero attached hydrogens (tertiary/aromatic N) is 2. The first kappa shape index (κ1) is 22.3. The molecule has 174 valence electrons. The van der Waals surface area contributed by atoms with Gasteiger partial charge in [0.15, 0.2) is 5.11 Å². The summed E-state index contributed by atoms with van der Waals surface area (Å²) in [5.74, 6) is -0.593. The van der Waals surface area contributed by atoms with Crippen LogP contribution in [-0.4, -0.2) is 53.9 Å². The summed E-state index contributed by atoms with van der Waals surface area (Å²) in [5.41, 5.74) is 1.49. The Morgan fingerprint density at radius 1 is 1.06 bits per heavy atom. The van der Waals surface area contributed by atoms with E-state index in [9.17, 15) is 18.0 Å². The molecule has 1 N–H and O–H groups in total. The van der Waals surface area contributed by atoms with Gasteiger partial charge < -0.3 is 10.1 Å². The average Bonchev–Trinajstić information content (AvgIpc) is 3.41. The van der Waals surface area contributed by atoms with Crippen molar-refractivity contribution in [3.05, 3.63) is 77.9 Å². The number of hydrogen-bond acceptors (Lipinski definition) is 6. The second-order valence-corrected chi connectivity index (χ2v) is 10.4. The zero-order valence-electron chi connectivity index (χ0n) is 18.2. The number of sulfonamides is 1. The summed E-state index contributed by atoms with van der Waals surface area (Å²) >= 11 is 5.44. The van der Waals surface area contributed by atoms with E-state index in [2.05, 4.69) is 5.32 Å². The number of benzene rings is 3. The van der Waals surface area contributed by atoms with E-state index in [1.54, 1.807) is 18.2 Å². The Hall–Kier alpha value is -3.50. The molecule has 2 aliphatic heterocycles. The van der Waals surface area contributed by atoms with Crippen LogP contribution >= 0.6 is 12.2 Å². The fraction of sp³-hybridized carbons (Fsp3) is 0.208. The van der Waals surface area contributed by atoms with Crippen LogP contribution < -0.4 is 5.32 Å². The number of imide groups is 1. The van der Waals surface area contributed by atoms with Crippen molar-refractivity contribution in [3.8, 4) is 0 Å². The predicted molar refractivity (Wildman–Crippen MR) is 129 cm³/mol. The number of amides is 2. The van der Waals surface area contributed by atoms with Crippen LogP contribution in [0.15, 0.2) is 71.6 Å². The molecule has 8 nitrogen and oxygen atoms in total. The molecule has 0 saturated carbocycles. The SMILES string of the molecule is Cc1ccc(S(=O)(=O)N2C(=S)N[C@H](C(=O)N3CCOC3=O)[C@@H]2c2ccc3ccccc3c2)cc1. The number of ether oxygens (including phenoxy) is 1. The molecule has 3 aromatic carbocycles. The maximum absolute atomic E-state index is 13.7. The van der Waals surface area contributed by atoms with Gasteiger partial charge in [0, 0.05) is 0 Å². The first-order valence-corrected chi connectivity index (χ1v) is 12.5.